The summed E-state index contributed by atoms with van der Waals surface area (Å²) in [6.45, 7) is 0.108. The topological polar surface area (TPSA) is 46.2 Å². The first-order valence-electron chi connectivity index (χ1n) is 6.51. The van der Waals surface area contributed by atoms with E-state index in [1.54, 1.807) is 0 Å². The van der Waals surface area contributed by atoms with Crippen LogP contribution in [0.3, 0.4) is 0 Å². The van der Waals surface area contributed by atoms with Crippen molar-refractivity contribution in [3.05, 3.63) is 29.8 Å². The lowest BCUT2D eigenvalue weighted by atomic mass is 10.2. The molecule has 3 nitrogen and oxygen atoms in total. The molecular weight excluding hydrogens is 327 g/mol. The quantitative estimate of drug-likeness (QED) is 0.576. The Kier molecular flexibility index (Phi) is 6.96. The number of halogens is 4. The highest BCUT2D eigenvalue weighted by atomic mass is 35.5. The van der Waals surface area contributed by atoms with Crippen LogP contribution >= 0.6 is 11.6 Å². The second kappa shape index (κ2) is 8.00. The minimum atomic E-state index is -4.70. The van der Waals surface area contributed by atoms with Crippen LogP contribution in [-0.2, 0) is 16.2 Å². The van der Waals surface area contributed by atoms with E-state index in [1.807, 2.05) is 0 Å². The average molecular weight is 344 g/mol. The van der Waals surface area contributed by atoms with Crippen molar-refractivity contribution in [1.82, 2.24) is 4.72 Å². The summed E-state index contributed by atoms with van der Waals surface area (Å²) in [7, 11) is -4.16. The minimum absolute atomic E-state index is 0.108. The summed E-state index contributed by atoms with van der Waals surface area (Å²) in [6, 6.07) is 4.14. The summed E-state index contributed by atoms with van der Waals surface area (Å²) < 4.78 is 64.5. The van der Waals surface area contributed by atoms with E-state index in [4.69, 9.17) is 11.6 Å². The molecule has 0 bridgehead atoms. The Hall–Kier alpha value is -0.790. The fourth-order valence-electron chi connectivity index (χ4n) is 1.79. The molecule has 0 amide bonds. The molecule has 1 aromatic rings. The van der Waals surface area contributed by atoms with E-state index in [0.29, 0.717) is 12.3 Å². The molecule has 0 aliphatic carbocycles. The number of alkyl halides is 4. The van der Waals surface area contributed by atoms with Gasteiger partial charge in [-0.25, -0.2) is 13.1 Å². The summed E-state index contributed by atoms with van der Waals surface area (Å²) in [4.78, 5) is -0.738. The average Bonchev–Trinajstić information content (AvgIpc) is 2.42. The number of sulfonamides is 1. The monoisotopic (exact) mass is 343 g/mol. The van der Waals surface area contributed by atoms with Gasteiger partial charge in [-0.1, -0.05) is 25.0 Å². The van der Waals surface area contributed by atoms with E-state index in [0.717, 1.165) is 37.5 Å². The summed E-state index contributed by atoms with van der Waals surface area (Å²) in [5.41, 5.74) is -1.15. The predicted octanol–water partition coefficient (Wildman–Crippen LogP) is 3.78. The van der Waals surface area contributed by atoms with Gasteiger partial charge in [0.1, 0.15) is 0 Å². The van der Waals surface area contributed by atoms with Crippen LogP contribution in [-0.4, -0.2) is 20.8 Å². The highest BCUT2D eigenvalue weighted by molar-refractivity contribution is 7.89. The van der Waals surface area contributed by atoms with Gasteiger partial charge < -0.3 is 0 Å². The van der Waals surface area contributed by atoms with Crippen LogP contribution in [0.15, 0.2) is 29.2 Å². The Balaban J connectivity index is 2.71. The molecule has 120 valence electrons. The van der Waals surface area contributed by atoms with E-state index in [9.17, 15) is 21.6 Å². The number of unbranched alkanes of at least 4 members (excludes halogenated alkanes) is 3. The van der Waals surface area contributed by atoms with Crippen molar-refractivity contribution in [2.24, 2.45) is 0 Å². The second-order valence-electron chi connectivity index (χ2n) is 4.49. The van der Waals surface area contributed by atoms with Gasteiger partial charge in [-0.05, 0) is 25.0 Å². The maximum atomic E-state index is 12.8. The molecule has 0 radical (unpaired) electrons. The molecule has 0 atom stereocenters. The molecule has 0 spiro atoms. The minimum Gasteiger partial charge on any atom is -0.211 e. The van der Waals surface area contributed by atoms with E-state index in [-0.39, 0.29) is 6.54 Å². The van der Waals surface area contributed by atoms with Gasteiger partial charge in [-0.3, -0.25) is 0 Å². The van der Waals surface area contributed by atoms with Crippen LogP contribution in [0.5, 0.6) is 0 Å². The van der Waals surface area contributed by atoms with Crippen LogP contribution in [0.2, 0.25) is 0 Å². The summed E-state index contributed by atoms with van der Waals surface area (Å²) >= 11 is 5.51. The molecule has 0 heterocycles. The van der Waals surface area contributed by atoms with Gasteiger partial charge in [0.15, 0.2) is 0 Å². The number of nitrogens with one attached hydrogen (secondary N) is 1. The van der Waals surface area contributed by atoms with Crippen molar-refractivity contribution in [2.45, 2.75) is 36.8 Å². The third kappa shape index (κ3) is 5.84. The van der Waals surface area contributed by atoms with Crippen molar-refractivity contribution >= 4 is 21.6 Å². The summed E-state index contributed by atoms with van der Waals surface area (Å²) in [5, 5.41) is 0. The third-order valence-electron chi connectivity index (χ3n) is 2.83. The predicted molar refractivity (Wildman–Crippen MR) is 75.8 cm³/mol. The first-order valence-corrected chi connectivity index (χ1v) is 8.52. The highest BCUT2D eigenvalue weighted by Crippen LogP contribution is 2.33. The van der Waals surface area contributed by atoms with Crippen molar-refractivity contribution in [3.8, 4) is 0 Å². The standard InChI is InChI=1S/C13H17ClF3NO2S/c14-9-5-1-2-6-10-18-21(19,20)12-8-4-3-7-11(12)13(15,16)17/h3-4,7-8,18H,1-2,5-6,9-10H2. The maximum Gasteiger partial charge on any atom is 0.417 e. The van der Waals surface area contributed by atoms with E-state index in [2.05, 4.69) is 4.72 Å². The molecule has 1 rings (SSSR count). The van der Waals surface area contributed by atoms with Crippen LogP contribution in [0.25, 0.3) is 0 Å². The molecule has 8 heteroatoms. The Bertz CT molecular complexity index is 547. The van der Waals surface area contributed by atoms with E-state index < -0.39 is 26.7 Å². The molecular formula is C13H17ClF3NO2S. The molecule has 0 saturated heterocycles. The lowest BCUT2D eigenvalue weighted by molar-refractivity contribution is -0.139. The molecule has 0 aliphatic heterocycles. The Morgan fingerprint density at radius 2 is 1.67 bits per heavy atom. The molecule has 1 aromatic carbocycles. The largest absolute Gasteiger partial charge is 0.417 e. The number of rotatable bonds is 8. The summed E-state index contributed by atoms with van der Waals surface area (Å²) in [6.07, 6.45) is -1.66. The smallest absolute Gasteiger partial charge is 0.211 e. The van der Waals surface area contributed by atoms with Crippen LogP contribution < -0.4 is 4.72 Å². The van der Waals surface area contributed by atoms with Gasteiger partial charge >= 0.3 is 6.18 Å². The molecule has 0 aromatic heterocycles. The Labute approximate surface area is 127 Å². The fourth-order valence-corrected chi connectivity index (χ4v) is 3.28. The molecule has 0 saturated carbocycles. The number of hydrogen-bond acceptors (Lipinski definition) is 2. The van der Waals surface area contributed by atoms with Gasteiger partial charge in [0.25, 0.3) is 0 Å². The first kappa shape index (κ1) is 18.3. The zero-order valence-electron chi connectivity index (χ0n) is 11.3. The van der Waals surface area contributed by atoms with Gasteiger partial charge in [-0.15, -0.1) is 11.6 Å². The molecule has 0 aliphatic rings. The Morgan fingerprint density at radius 3 is 2.29 bits per heavy atom. The number of hydrogen-bond donors (Lipinski definition) is 1. The Morgan fingerprint density at radius 1 is 1.05 bits per heavy atom. The van der Waals surface area contributed by atoms with Gasteiger partial charge in [-0.2, -0.15) is 13.2 Å². The molecule has 0 unspecified atom stereocenters. The van der Waals surface area contributed by atoms with Gasteiger partial charge in [0.2, 0.25) is 10.0 Å². The highest BCUT2D eigenvalue weighted by Gasteiger charge is 2.36. The first-order chi connectivity index (χ1) is 9.79. The normalized spacial score (nSPS) is 12.6. The van der Waals surface area contributed by atoms with Gasteiger partial charge in [0, 0.05) is 12.4 Å². The fraction of sp³-hybridized carbons (Fsp3) is 0.538. The number of benzene rings is 1. The van der Waals surface area contributed by atoms with Crippen molar-refractivity contribution in [3.63, 3.8) is 0 Å². The lowest BCUT2D eigenvalue weighted by Gasteiger charge is -2.13. The van der Waals surface area contributed by atoms with E-state index >= 15 is 0 Å². The zero-order chi connectivity index (χ0) is 15.9. The van der Waals surface area contributed by atoms with Gasteiger partial charge in [0.05, 0.1) is 10.5 Å². The third-order valence-corrected chi connectivity index (χ3v) is 4.62. The zero-order valence-corrected chi connectivity index (χ0v) is 12.9. The SMILES string of the molecule is O=S(=O)(NCCCCCCCl)c1ccccc1C(F)(F)F. The molecule has 1 N–H and O–H groups in total. The molecule has 0 fully saturated rings. The van der Waals surface area contributed by atoms with Crippen molar-refractivity contribution < 1.29 is 21.6 Å². The van der Waals surface area contributed by atoms with Crippen LogP contribution in [0.1, 0.15) is 31.2 Å². The lowest BCUT2D eigenvalue weighted by Crippen LogP contribution is -2.27. The van der Waals surface area contributed by atoms with Crippen LogP contribution in [0.4, 0.5) is 13.2 Å². The molecule has 21 heavy (non-hydrogen) atoms. The van der Waals surface area contributed by atoms with Crippen molar-refractivity contribution in [1.29, 1.82) is 0 Å². The van der Waals surface area contributed by atoms with Crippen LogP contribution in [0, 0.1) is 0 Å². The van der Waals surface area contributed by atoms with Crippen molar-refractivity contribution in [2.75, 3.05) is 12.4 Å². The van der Waals surface area contributed by atoms with E-state index in [1.165, 1.54) is 6.07 Å². The maximum absolute atomic E-state index is 12.8. The summed E-state index contributed by atoms with van der Waals surface area (Å²) in [5.74, 6) is 0.546. The second-order valence-corrected chi connectivity index (χ2v) is 6.61.